The summed E-state index contributed by atoms with van der Waals surface area (Å²) in [7, 11) is 1.36. The molecule has 0 bridgehead atoms. The molecule has 0 saturated carbocycles. The topological polar surface area (TPSA) is 76.0 Å². The molecule has 2 aromatic rings. The van der Waals surface area contributed by atoms with E-state index in [0.29, 0.717) is 16.9 Å². The Morgan fingerprint density at radius 1 is 1.13 bits per heavy atom. The van der Waals surface area contributed by atoms with Crippen LogP contribution in [0.3, 0.4) is 0 Å². The number of fused-ring (bicyclic) bond motifs is 1. The maximum Gasteiger partial charge on any atom is 0.144 e. The maximum absolute atomic E-state index is 12.4. The number of hydrogen-bond donors (Lipinski definition) is 2. The zero-order valence-corrected chi connectivity index (χ0v) is 14.1. The molecular weight excluding hydrogens is 316 g/mol. The highest BCUT2D eigenvalue weighted by molar-refractivity contribution is 7.88. The van der Waals surface area contributed by atoms with Crippen LogP contribution >= 0.6 is 0 Å². The largest absolute Gasteiger partial charge is 0.507 e. The van der Waals surface area contributed by atoms with E-state index < -0.39 is 10.8 Å². The Bertz CT molecular complexity index is 767. The van der Waals surface area contributed by atoms with Crippen LogP contribution in [0.1, 0.15) is 19.8 Å². The average Bonchev–Trinajstić information content (AvgIpc) is 2.56. The van der Waals surface area contributed by atoms with Crippen LogP contribution < -0.4 is 9.47 Å². The Labute approximate surface area is 137 Å². The van der Waals surface area contributed by atoms with Crippen LogP contribution in [0.5, 0.6) is 23.0 Å². The molecule has 2 N–H and O–H groups in total. The van der Waals surface area contributed by atoms with Gasteiger partial charge in [0.2, 0.25) is 0 Å². The lowest BCUT2D eigenvalue weighted by Gasteiger charge is -2.14. The lowest BCUT2D eigenvalue weighted by molar-refractivity contribution is 0.403. The fourth-order valence-electron chi connectivity index (χ4n) is 2.33. The van der Waals surface area contributed by atoms with Crippen LogP contribution in [0.25, 0.3) is 10.8 Å². The van der Waals surface area contributed by atoms with Gasteiger partial charge in [0, 0.05) is 11.5 Å². The molecule has 2 rings (SSSR count). The molecule has 1 unspecified atom stereocenters. The maximum atomic E-state index is 12.4. The minimum Gasteiger partial charge on any atom is -0.507 e. The van der Waals surface area contributed by atoms with Gasteiger partial charge >= 0.3 is 0 Å². The van der Waals surface area contributed by atoms with Crippen molar-refractivity contribution in [3.8, 4) is 23.0 Å². The van der Waals surface area contributed by atoms with Crippen LogP contribution in [-0.2, 0) is 10.8 Å². The van der Waals surface area contributed by atoms with E-state index in [9.17, 15) is 14.4 Å². The first-order valence-electron chi connectivity index (χ1n) is 7.22. The van der Waals surface area contributed by atoms with Crippen molar-refractivity contribution in [3.05, 3.63) is 29.7 Å². The Hall–Kier alpha value is -2.21. The normalized spacial score (nSPS) is 12.7. The van der Waals surface area contributed by atoms with Crippen molar-refractivity contribution < 1.29 is 23.9 Å². The lowest BCUT2D eigenvalue weighted by atomic mass is 10.1. The number of hydrogen-bond acceptors (Lipinski definition) is 5. The Kier molecular flexibility index (Phi) is 5.50. The van der Waals surface area contributed by atoms with Crippen molar-refractivity contribution in [1.29, 1.82) is 0 Å². The summed E-state index contributed by atoms with van der Waals surface area (Å²) >= 11 is 0. The second kappa shape index (κ2) is 7.37. The number of ether oxygens (including phenoxy) is 2. The highest BCUT2D eigenvalue weighted by atomic mass is 32.2. The number of phenols is 2. The fourth-order valence-corrected chi connectivity index (χ4v) is 3.31. The second-order valence-corrected chi connectivity index (χ2v) is 6.23. The quantitative estimate of drug-likeness (QED) is 0.787. The standard InChI is InChI=1S/C17H20O5S/c1-4-5-6-9-23(20)14-10-11(18)15-12(21-2)7-8-13(22-3)16(15)17(14)19/h6-10,18-19H,4-5H2,1-3H3. The molecule has 0 radical (unpaired) electrons. The number of allylic oxidation sites excluding steroid dienone is 1. The van der Waals surface area contributed by atoms with Gasteiger partial charge in [0.05, 0.1) is 40.7 Å². The summed E-state index contributed by atoms with van der Waals surface area (Å²) in [6.45, 7) is 2.02. The summed E-state index contributed by atoms with van der Waals surface area (Å²) in [4.78, 5) is 0.133. The molecule has 6 heteroatoms. The molecule has 0 aliphatic heterocycles. The fraction of sp³-hybridized carbons (Fsp3) is 0.294. The second-order valence-electron chi connectivity index (χ2n) is 4.92. The predicted molar refractivity (Wildman–Crippen MR) is 90.8 cm³/mol. The van der Waals surface area contributed by atoms with Gasteiger partial charge in [-0.05, 0) is 18.6 Å². The van der Waals surface area contributed by atoms with Gasteiger partial charge < -0.3 is 19.7 Å². The number of rotatable bonds is 6. The van der Waals surface area contributed by atoms with E-state index in [1.807, 2.05) is 6.92 Å². The summed E-state index contributed by atoms with van der Waals surface area (Å²) < 4.78 is 22.8. The molecule has 23 heavy (non-hydrogen) atoms. The summed E-state index contributed by atoms with van der Waals surface area (Å²) in [5.41, 5.74) is 0. The van der Waals surface area contributed by atoms with Crippen LogP contribution in [0.2, 0.25) is 0 Å². The summed E-state index contributed by atoms with van der Waals surface area (Å²) in [5, 5.41) is 23.0. The molecule has 0 heterocycles. The number of phenolic OH excluding ortho intramolecular Hbond substituents is 2. The van der Waals surface area contributed by atoms with Crippen LogP contribution in [0.4, 0.5) is 0 Å². The Morgan fingerprint density at radius 2 is 1.74 bits per heavy atom. The monoisotopic (exact) mass is 336 g/mol. The van der Waals surface area contributed by atoms with Crippen molar-refractivity contribution in [1.82, 2.24) is 0 Å². The summed E-state index contributed by atoms with van der Waals surface area (Å²) in [6, 6.07) is 4.56. The first kappa shape index (κ1) is 17.1. The molecule has 0 spiro atoms. The van der Waals surface area contributed by atoms with Gasteiger partial charge in [-0.1, -0.05) is 19.4 Å². The molecule has 0 saturated heterocycles. The average molecular weight is 336 g/mol. The van der Waals surface area contributed by atoms with E-state index in [4.69, 9.17) is 9.47 Å². The summed E-state index contributed by atoms with van der Waals surface area (Å²) in [6.07, 6.45) is 3.52. The van der Waals surface area contributed by atoms with E-state index in [1.54, 1.807) is 18.2 Å². The number of benzene rings is 2. The first-order chi connectivity index (χ1) is 11.0. The third kappa shape index (κ3) is 3.27. The van der Waals surface area contributed by atoms with Crippen LogP contribution in [0, 0.1) is 0 Å². The smallest absolute Gasteiger partial charge is 0.144 e. The molecule has 0 aromatic heterocycles. The Morgan fingerprint density at radius 3 is 2.30 bits per heavy atom. The number of methoxy groups -OCH3 is 2. The van der Waals surface area contributed by atoms with Gasteiger partial charge in [0.1, 0.15) is 23.0 Å². The minimum absolute atomic E-state index is 0.124. The number of unbranched alkanes of at least 4 members (excludes halogenated alkanes) is 1. The highest BCUT2D eigenvalue weighted by Gasteiger charge is 2.20. The molecular formula is C17H20O5S. The van der Waals surface area contributed by atoms with Crippen LogP contribution in [0.15, 0.2) is 34.6 Å². The van der Waals surface area contributed by atoms with Crippen LogP contribution in [-0.4, -0.2) is 28.6 Å². The molecule has 0 fully saturated rings. The summed E-state index contributed by atoms with van der Waals surface area (Å²) in [5.74, 6) is 0.450. The van der Waals surface area contributed by atoms with Gasteiger partial charge in [-0.15, -0.1) is 0 Å². The van der Waals surface area contributed by atoms with E-state index in [0.717, 1.165) is 12.8 Å². The zero-order valence-electron chi connectivity index (χ0n) is 13.3. The zero-order chi connectivity index (χ0) is 17.0. The van der Waals surface area contributed by atoms with E-state index in [1.165, 1.54) is 25.7 Å². The molecule has 5 nitrogen and oxygen atoms in total. The van der Waals surface area contributed by atoms with E-state index in [-0.39, 0.29) is 21.8 Å². The van der Waals surface area contributed by atoms with E-state index >= 15 is 0 Å². The van der Waals surface area contributed by atoms with Crippen molar-refractivity contribution in [2.45, 2.75) is 24.7 Å². The van der Waals surface area contributed by atoms with Gasteiger partial charge in [-0.25, -0.2) is 4.21 Å². The molecule has 2 aromatic carbocycles. The molecule has 0 aliphatic carbocycles. The molecule has 1 atom stereocenters. The SMILES string of the molecule is CCCC=CS(=O)c1cc(O)c2c(OC)ccc(OC)c2c1O. The minimum atomic E-state index is -1.57. The highest BCUT2D eigenvalue weighted by Crippen LogP contribution is 2.46. The third-order valence-corrected chi connectivity index (χ3v) is 4.64. The lowest BCUT2D eigenvalue weighted by Crippen LogP contribution is -1.94. The molecule has 0 amide bonds. The van der Waals surface area contributed by atoms with Crippen molar-refractivity contribution >= 4 is 21.6 Å². The first-order valence-corrected chi connectivity index (χ1v) is 8.43. The van der Waals surface area contributed by atoms with Gasteiger partial charge in [0.15, 0.2) is 0 Å². The van der Waals surface area contributed by atoms with Crippen molar-refractivity contribution in [2.75, 3.05) is 14.2 Å². The predicted octanol–water partition coefficient (Wildman–Crippen LogP) is 3.69. The van der Waals surface area contributed by atoms with Gasteiger partial charge in [0.25, 0.3) is 0 Å². The Balaban J connectivity index is 2.71. The van der Waals surface area contributed by atoms with E-state index in [2.05, 4.69) is 0 Å². The molecule has 0 aliphatic rings. The van der Waals surface area contributed by atoms with Gasteiger partial charge in [-0.2, -0.15) is 0 Å². The molecule has 124 valence electrons. The van der Waals surface area contributed by atoms with Gasteiger partial charge in [-0.3, -0.25) is 0 Å². The third-order valence-electron chi connectivity index (χ3n) is 3.45. The van der Waals surface area contributed by atoms with Crippen molar-refractivity contribution in [2.24, 2.45) is 0 Å². The van der Waals surface area contributed by atoms with Crippen molar-refractivity contribution in [3.63, 3.8) is 0 Å². The number of aromatic hydroxyl groups is 2.